The van der Waals surface area contributed by atoms with E-state index in [0.29, 0.717) is 0 Å². The molecule has 0 radical (unpaired) electrons. The number of hydrogen-bond donors (Lipinski definition) is 2. The van der Waals surface area contributed by atoms with Crippen molar-refractivity contribution >= 4 is 29.9 Å². The number of aryl methyl sites for hydroxylation is 1. The first-order valence-electron chi connectivity index (χ1n) is 8.22. The van der Waals surface area contributed by atoms with E-state index < -0.39 is 0 Å². The molecule has 0 unspecified atom stereocenters. The number of hydrogen-bond acceptors (Lipinski definition) is 4. The van der Waals surface area contributed by atoms with Gasteiger partial charge in [0.25, 0.3) is 0 Å². The van der Waals surface area contributed by atoms with Crippen LogP contribution in [0.15, 0.2) is 11.3 Å². The van der Waals surface area contributed by atoms with Gasteiger partial charge in [0.2, 0.25) is 0 Å². The molecule has 1 aliphatic carbocycles. The topological polar surface area (TPSA) is 76.4 Å². The molecule has 7 nitrogen and oxygen atoms in total. The van der Waals surface area contributed by atoms with Crippen molar-refractivity contribution in [3.63, 3.8) is 0 Å². The Morgan fingerprint density at radius 1 is 1.39 bits per heavy atom. The fraction of sp³-hybridized carbons (Fsp3) is 0.800. The summed E-state index contributed by atoms with van der Waals surface area (Å²) in [5, 5.41) is 14.6. The van der Waals surface area contributed by atoms with E-state index in [1.54, 1.807) is 13.4 Å². The van der Waals surface area contributed by atoms with Crippen molar-refractivity contribution in [1.29, 1.82) is 0 Å². The molecule has 8 heteroatoms. The molecule has 2 rings (SSSR count). The van der Waals surface area contributed by atoms with E-state index >= 15 is 0 Å². The number of halogens is 1. The minimum absolute atomic E-state index is 0. The Morgan fingerprint density at radius 3 is 2.87 bits per heavy atom. The van der Waals surface area contributed by atoms with Crippen LogP contribution in [0.3, 0.4) is 0 Å². The van der Waals surface area contributed by atoms with Gasteiger partial charge in [0.05, 0.1) is 0 Å². The van der Waals surface area contributed by atoms with Crippen LogP contribution in [0.25, 0.3) is 0 Å². The van der Waals surface area contributed by atoms with E-state index in [0.717, 1.165) is 63.4 Å². The molecule has 0 aliphatic heterocycles. The Labute approximate surface area is 155 Å². The lowest BCUT2D eigenvalue weighted by molar-refractivity contribution is 0.123. The van der Waals surface area contributed by atoms with Crippen molar-refractivity contribution in [2.24, 2.45) is 10.9 Å². The zero-order valence-corrected chi connectivity index (χ0v) is 16.5. The van der Waals surface area contributed by atoms with Crippen LogP contribution < -0.4 is 10.6 Å². The molecule has 0 spiro atoms. The van der Waals surface area contributed by atoms with Gasteiger partial charge >= 0.3 is 0 Å². The molecule has 1 aromatic heterocycles. The van der Waals surface area contributed by atoms with Crippen LogP contribution in [-0.4, -0.2) is 54.1 Å². The van der Waals surface area contributed by atoms with Crippen LogP contribution in [0.5, 0.6) is 0 Å². The van der Waals surface area contributed by atoms with Crippen molar-refractivity contribution in [1.82, 2.24) is 25.4 Å². The minimum Gasteiger partial charge on any atom is -0.381 e. The van der Waals surface area contributed by atoms with E-state index in [1.807, 2.05) is 0 Å². The standard InChI is InChI=1S/C15H28N6O.HI/c1-3-14-20-19-12-21(14)9-8-18-15(16-2)17-7-4-10-22-11-13-5-6-13;/h12-13H,3-11H2,1-2H3,(H2,16,17,18);1H. The Morgan fingerprint density at radius 2 is 2.17 bits per heavy atom. The fourth-order valence-corrected chi connectivity index (χ4v) is 2.17. The second-order valence-electron chi connectivity index (χ2n) is 5.59. The first-order valence-corrected chi connectivity index (χ1v) is 8.22. The molecule has 2 N–H and O–H groups in total. The summed E-state index contributed by atoms with van der Waals surface area (Å²) in [7, 11) is 1.79. The third-order valence-corrected chi connectivity index (χ3v) is 3.69. The molecule has 0 saturated heterocycles. The number of aromatic nitrogens is 3. The molecular weight excluding hydrogens is 407 g/mol. The number of aliphatic imine (C=N–C) groups is 1. The lowest BCUT2D eigenvalue weighted by Crippen LogP contribution is -2.39. The van der Waals surface area contributed by atoms with Gasteiger partial charge in [-0.2, -0.15) is 0 Å². The second-order valence-corrected chi connectivity index (χ2v) is 5.59. The highest BCUT2D eigenvalue weighted by Gasteiger charge is 2.20. The zero-order chi connectivity index (χ0) is 15.6. The van der Waals surface area contributed by atoms with Crippen molar-refractivity contribution in [2.45, 2.75) is 39.2 Å². The number of rotatable bonds is 10. The molecule has 1 aromatic rings. The number of nitrogens with one attached hydrogen (secondary N) is 2. The third-order valence-electron chi connectivity index (χ3n) is 3.69. The number of ether oxygens (including phenoxy) is 1. The molecule has 0 amide bonds. The Bertz CT molecular complexity index is 461. The van der Waals surface area contributed by atoms with Crippen LogP contribution in [0, 0.1) is 5.92 Å². The highest BCUT2D eigenvalue weighted by Crippen LogP contribution is 2.28. The highest BCUT2D eigenvalue weighted by atomic mass is 127. The summed E-state index contributed by atoms with van der Waals surface area (Å²) in [4.78, 5) is 4.22. The number of guanidine groups is 1. The van der Waals surface area contributed by atoms with Crippen molar-refractivity contribution < 1.29 is 4.74 Å². The lowest BCUT2D eigenvalue weighted by Gasteiger charge is -2.12. The predicted octanol–water partition coefficient (Wildman–Crippen LogP) is 1.44. The summed E-state index contributed by atoms with van der Waals surface area (Å²) in [6.07, 6.45) is 6.36. The van der Waals surface area contributed by atoms with Gasteiger partial charge in [0.1, 0.15) is 12.2 Å². The molecule has 1 heterocycles. The van der Waals surface area contributed by atoms with E-state index in [1.165, 1.54) is 12.8 Å². The van der Waals surface area contributed by atoms with Gasteiger partial charge in [-0.15, -0.1) is 34.2 Å². The van der Waals surface area contributed by atoms with Crippen LogP contribution in [0.1, 0.15) is 32.0 Å². The summed E-state index contributed by atoms with van der Waals surface area (Å²) in [6, 6.07) is 0. The predicted molar refractivity (Wildman–Crippen MR) is 102 cm³/mol. The van der Waals surface area contributed by atoms with E-state index in [4.69, 9.17) is 4.74 Å². The largest absolute Gasteiger partial charge is 0.381 e. The van der Waals surface area contributed by atoms with Gasteiger partial charge in [-0.1, -0.05) is 6.92 Å². The van der Waals surface area contributed by atoms with Crippen LogP contribution in [0.2, 0.25) is 0 Å². The van der Waals surface area contributed by atoms with Crippen LogP contribution in [0.4, 0.5) is 0 Å². The van der Waals surface area contributed by atoms with Gasteiger partial charge < -0.3 is 19.9 Å². The lowest BCUT2D eigenvalue weighted by atomic mass is 10.4. The summed E-state index contributed by atoms with van der Waals surface area (Å²) in [5.41, 5.74) is 0. The maximum Gasteiger partial charge on any atom is 0.191 e. The smallest absolute Gasteiger partial charge is 0.191 e. The normalized spacial score (nSPS) is 14.4. The minimum atomic E-state index is 0. The Kier molecular flexibility index (Phi) is 10.2. The molecule has 132 valence electrons. The second kappa shape index (κ2) is 11.6. The first kappa shape index (κ1) is 20.1. The average molecular weight is 436 g/mol. The van der Waals surface area contributed by atoms with Gasteiger partial charge in [-0.25, -0.2) is 0 Å². The molecule has 0 aromatic carbocycles. The van der Waals surface area contributed by atoms with Crippen molar-refractivity contribution in [3.8, 4) is 0 Å². The van der Waals surface area contributed by atoms with Gasteiger partial charge in [0.15, 0.2) is 5.96 Å². The maximum atomic E-state index is 5.61. The van der Waals surface area contributed by atoms with Crippen LogP contribution in [-0.2, 0) is 17.7 Å². The van der Waals surface area contributed by atoms with Crippen molar-refractivity contribution in [2.75, 3.05) is 33.4 Å². The molecule has 0 bridgehead atoms. The fourth-order valence-electron chi connectivity index (χ4n) is 2.17. The van der Waals surface area contributed by atoms with Gasteiger partial charge in [-0.05, 0) is 25.2 Å². The van der Waals surface area contributed by atoms with E-state index in [2.05, 4.69) is 37.3 Å². The monoisotopic (exact) mass is 436 g/mol. The van der Waals surface area contributed by atoms with E-state index in [-0.39, 0.29) is 24.0 Å². The number of nitrogens with zero attached hydrogens (tertiary/aromatic N) is 4. The van der Waals surface area contributed by atoms with Crippen molar-refractivity contribution in [3.05, 3.63) is 12.2 Å². The summed E-state index contributed by atoms with van der Waals surface area (Å²) in [6.45, 7) is 6.34. The highest BCUT2D eigenvalue weighted by molar-refractivity contribution is 14.0. The first-order chi connectivity index (χ1) is 10.8. The molecule has 23 heavy (non-hydrogen) atoms. The van der Waals surface area contributed by atoms with Gasteiger partial charge in [-0.3, -0.25) is 4.99 Å². The molecule has 1 aliphatic rings. The Balaban J connectivity index is 0.00000264. The molecule has 0 atom stereocenters. The van der Waals surface area contributed by atoms with E-state index in [9.17, 15) is 0 Å². The average Bonchev–Trinajstić information content (AvgIpc) is 3.25. The maximum absolute atomic E-state index is 5.61. The quantitative estimate of drug-likeness (QED) is 0.251. The molecule has 1 fully saturated rings. The summed E-state index contributed by atoms with van der Waals surface area (Å²) >= 11 is 0. The van der Waals surface area contributed by atoms with Crippen LogP contribution >= 0.6 is 24.0 Å². The summed E-state index contributed by atoms with van der Waals surface area (Å²) < 4.78 is 7.67. The third kappa shape index (κ3) is 7.96. The Hall–Kier alpha value is -0.900. The molecule has 1 saturated carbocycles. The van der Waals surface area contributed by atoms with Gasteiger partial charge in [0, 0.05) is 46.3 Å². The summed E-state index contributed by atoms with van der Waals surface area (Å²) in [5.74, 6) is 2.68. The SMILES string of the molecule is CCc1nncn1CCNC(=NC)NCCCOCC1CC1.I. The molecular formula is C15H29IN6O. The zero-order valence-electron chi connectivity index (χ0n) is 14.1.